The van der Waals surface area contributed by atoms with Crippen LogP contribution in [0, 0.1) is 0 Å². The summed E-state index contributed by atoms with van der Waals surface area (Å²) in [6.45, 7) is -0.250. The van der Waals surface area contributed by atoms with E-state index in [1.165, 1.54) is 16.3 Å². The molecule has 0 saturated heterocycles. The normalized spacial score (nSPS) is 9.75. The Bertz CT molecular complexity index is 616. The lowest BCUT2D eigenvalue weighted by Crippen LogP contribution is -1.78. The molecular formula is C12H10N2O2. The van der Waals surface area contributed by atoms with Gasteiger partial charge in [-0.3, -0.25) is 9.78 Å². The molecule has 0 aliphatic rings. The van der Waals surface area contributed by atoms with Crippen LogP contribution < -0.4 is 0 Å². The number of hydrogen-bond donors (Lipinski definition) is 2. The molecule has 0 unspecified atom stereocenters. The third kappa shape index (κ3) is 1.72. The van der Waals surface area contributed by atoms with Crippen LogP contribution >= 0.6 is 0 Å². The number of pyridine rings is 1. The van der Waals surface area contributed by atoms with Gasteiger partial charge in [0, 0.05) is 23.2 Å². The molecule has 4 heteroatoms. The molecule has 3 aromatic rings. The number of fused-ring (bicyclic) bond motifs is 3. The minimum absolute atomic E-state index is 0.250. The van der Waals surface area contributed by atoms with E-state index >= 15 is 0 Å². The van der Waals surface area contributed by atoms with Crippen molar-refractivity contribution in [3.8, 4) is 0 Å². The predicted molar refractivity (Wildman–Crippen MR) is 62.3 cm³/mol. The Morgan fingerprint density at radius 3 is 2.81 bits per heavy atom. The zero-order valence-electron chi connectivity index (χ0n) is 8.42. The molecule has 0 bridgehead atoms. The number of benzene rings is 1. The SMILES string of the molecule is O=CO.c1ccc2c(c1)ncc1cc[nH]c12. The molecule has 0 aliphatic carbocycles. The van der Waals surface area contributed by atoms with E-state index in [1.807, 2.05) is 36.7 Å². The molecule has 0 saturated carbocycles. The maximum Gasteiger partial charge on any atom is 0.290 e. The van der Waals surface area contributed by atoms with Gasteiger partial charge in [-0.05, 0) is 12.1 Å². The zero-order chi connectivity index (χ0) is 11.4. The highest BCUT2D eigenvalue weighted by molar-refractivity contribution is 6.02. The summed E-state index contributed by atoms with van der Waals surface area (Å²) in [5.41, 5.74) is 2.21. The lowest BCUT2D eigenvalue weighted by molar-refractivity contribution is -0.122. The number of nitrogens with zero attached hydrogens (tertiary/aromatic N) is 1. The van der Waals surface area contributed by atoms with Crippen LogP contribution in [0.5, 0.6) is 0 Å². The Morgan fingerprint density at radius 2 is 2.00 bits per heavy atom. The quantitative estimate of drug-likeness (QED) is 0.565. The molecule has 2 heterocycles. The van der Waals surface area contributed by atoms with Gasteiger partial charge in [-0.25, -0.2) is 0 Å². The van der Waals surface area contributed by atoms with Crippen molar-refractivity contribution in [3.63, 3.8) is 0 Å². The fourth-order valence-corrected chi connectivity index (χ4v) is 1.66. The molecule has 0 radical (unpaired) electrons. The van der Waals surface area contributed by atoms with Gasteiger partial charge in [0.25, 0.3) is 6.47 Å². The van der Waals surface area contributed by atoms with Crippen LogP contribution in [0.3, 0.4) is 0 Å². The Morgan fingerprint density at radius 1 is 1.25 bits per heavy atom. The highest BCUT2D eigenvalue weighted by Crippen LogP contribution is 2.20. The molecule has 16 heavy (non-hydrogen) atoms. The van der Waals surface area contributed by atoms with Gasteiger partial charge in [0.1, 0.15) is 0 Å². The maximum absolute atomic E-state index is 8.36. The number of H-pyrrole nitrogens is 1. The number of carboxylic acid groups (broad SMARTS) is 1. The Balaban J connectivity index is 0.000000292. The number of aromatic amines is 1. The lowest BCUT2D eigenvalue weighted by Gasteiger charge is -1.96. The van der Waals surface area contributed by atoms with E-state index in [4.69, 9.17) is 9.90 Å². The van der Waals surface area contributed by atoms with E-state index in [0.717, 1.165) is 5.52 Å². The number of rotatable bonds is 0. The van der Waals surface area contributed by atoms with Crippen molar-refractivity contribution in [2.75, 3.05) is 0 Å². The molecule has 0 aliphatic heterocycles. The average Bonchev–Trinajstić information content (AvgIpc) is 2.78. The Labute approximate surface area is 91.6 Å². The zero-order valence-corrected chi connectivity index (χ0v) is 8.42. The molecule has 2 N–H and O–H groups in total. The second-order valence-corrected chi connectivity index (χ2v) is 3.19. The number of carbonyl (C=O) groups is 1. The van der Waals surface area contributed by atoms with Crippen molar-refractivity contribution in [2.24, 2.45) is 0 Å². The van der Waals surface area contributed by atoms with Gasteiger partial charge in [0.2, 0.25) is 0 Å². The molecule has 0 amide bonds. The van der Waals surface area contributed by atoms with Crippen LogP contribution in [0.2, 0.25) is 0 Å². The third-order valence-corrected chi connectivity index (χ3v) is 2.30. The summed E-state index contributed by atoms with van der Waals surface area (Å²) in [6.07, 6.45) is 3.84. The number of para-hydroxylation sites is 1. The summed E-state index contributed by atoms with van der Waals surface area (Å²) in [6, 6.07) is 10.2. The van der Waals surface area contributed by atoms with Crippen molar-refractivity contribution in [1.82, 2.24) is 9.97 Å². The van der Waals surface area contributed by atoms with Crippen molar-refractivity contribution >= 4 is 28.3 Å². The van der Waals surface area contributed by atoms with Gasteiger partial charge in [-0.2, -0.15) is 0 Å². The molecule has 3 rings (SSSR count). The first-order valence-corrected chi connectivity index (χ1v) is 4.75. The molecule has 0 spiro atoms. The number of hydrogen-bond acceptors (Lipinski definition) is 2. The van der Waals surface area contributed by atoms with E-state index in [1.54, 1.807) is 0 Å². The topological polar surface area (TPSA) is 66.0 Å². The van der Waals surface area contributed by atoms with Gasteiger partial charge < -0.3 is 10.1 Å². The van der Waals surface area contributed by atoms with Crippen molar-refractivity contribution in [3.05, 3.63) is 42.7 Å². The Kier molecular flexibility index (Phi) is 2.82. The van der Waals surface area contributed by atoms with Crippen LogP contribution in [0.4, 0.5) is 0 Å². The van der Waals surface area contributed by atoms with Gasteiger partial charge in [-0.15, -0.1) is 0 Å². The average molecular weight is 214 g/mol. The van der Waals surface area contributed by atoms with Gasteiger partial charge in [0.05, 0.1) is 11.0 Å². The summed E-state index contributed by atoms with van der Waals surface area (Å²) >= 11 is 0. The fourth-order valence-electron chi connectivity index (χ4n) is 1.66. The Hall–Kier alpha value is -2.36. The second kappa shape index (κ2) is 4.44. The monoisotopic (exact) mass is 214 g/mol. The van der Waals surface area contributed by atoms with Crippen LogP contribution in [0.1, 0.15) is 0 Å². The highest BCUT2D eigenvalue weighted by Gasteiger charge is 1.99. The molecule has 4 nitrogen and oxygen atoms in total. The van der Waals surface area contributed by atoms with Crippen LogP contribution in [-0.2, 0) is 4.79 Å². The standard InChI is InChI=1S/C11H8N2.CH2O2/c1-2-4-10-9(3-1)11-8(7-13-10)5-6-12-11;2-1-3/h1-7,12H;1H,(H,2,3). The summed E-state index contributed by atoms with van der Waals surface area (Å²) in [5.74, 6) is 0. The molecule has 0 fully saturated rings. The summed E-state index contributed by atoms with van der Waals surface area (Å²) in [7, 11) is 0. The molecule has 80 valence electrons. The van der Waals surface area contributed by atoms with E-state index in [0.29, 0.717) is 0 Å². The fraction of sp³-hybridized carbons (Fsp3) is 0. The van der Waals surface area contributed by atoms with Crippen LogP contribution in [0.15, 0.2) is 42.7 Å². The summed E-state index contributed by atoms with van der Waals surface area (Å²) in [5, 5.41) is 9.24. The smallest absolute Gasteiger partial charge is 0.290 e. The second-order valence-electron chi connectivity index (χ2n) is 3.19. The first-order chi connectivity index (χ1) is 7.86. The molecule has 2 aromatic heterocycles. The molecule has 1 aromatic carbocycles. The van der Waals surface area contributed by atoms with Crippen LogP contribution in [-0.4, -0.2) is 21.5 Å². The first kappa shape index (κ1) is 10.2. The van der Waals surface area contributed by atoms with Gasteiger partial charge in [0.15, 0.2) is 0 Å². The lowest BCUT2D eigenvalue weighted by atomic mass is 10.2. The van der Waals surface area contributed by atoms with Crippen LogP contribution in [0.25, 0.3) is 21.8 Å². The highest BCUT2D eigenvalue weighted by atomic mass is 16.3. The number of aromatic nitrogens is 2. The maximum atomic E-state index is 8.36. The minimum Gasteiger partial charge on any atom is -0.483 e. The molecule has 0 atom stereocenters. The first-order valence-electron chi connectivity index (χ1n) is 4.75. The van der Waals surface area contributed by atoms with Gasteiger partial charge in [-0.1, -0.05) is 18.2 Å². The van der Waals surface area contributed by atoms with E-state index < -0.39 is 0 Å². The van der Waals surface area contributed by atoms with E-state index in [9.17, 15) is 0 Å². The summed E-state index contributed by atoms with van der Waals surface area (Å²) in [4.78, 5) is 15.9. The summed E-state index contributed by atoms with van der Waals surface area (Å²) < 4.78 is 0. The predicted octanol–water partition coefficient (Wildman–Crippen LogP) is 2.42. The molecular weight excluding hydrogens is 204 g/mol. The van der Waals surface area contributed by atoms with E-state index in [2.05, 4.69) is 16.0 Å². The minimum atomic E-state index is -0.250. The number of nitrogens with one attached hydrogen (secondary N) is 1. The largest absolute Gasteiger partial charge is 0.483 e. The third-order valence-electron chi connectivity index (χ3n) is 2.30. The van der Waals surface area contributed by atoms with Crippen molar-refractivity contribution in [1.29, 1.82) is 0 Å². The van der Waals surface area contributed by atoms with Crippen molar-refractivity contribution < 1.29 is 9.90 Å². The van der Waals surface area contributed by atoms with E-state index in [-0.39, 0.29) is 6.47 Å². The van der Waals surface area contributed by atoms with Gasteiger partial charge >= 0.3 is 0 Å². The van der Waals surface area contributed by atoms with Crippen molar-refractivity contribution in [2.45, 2.75) is 0 Å².